The standard InChI is InChI=1S/C35H44ClFN8O2/c1-22-16-34(11-6-14-44(34)18-22)21-47-33-38-26-17-35(12-10-23-8-5-9-25(37)28(23)35)42(4)19-24(26)31(39-33)43-13-7-15-45-27(20-43)29(36)30(40-45)32(46)41(2)3/h5,8-9,22H,6-7,10-21H2,1-4H3/t22?,34-,35-/m0/s1. The first kappa shape index (κ1) is 31.0. The fourth-order valence-electron chi connectivity index (χ4n) is 9.29. The summed E-state index contributed by atoms with van der Waals surface area (Å²) in [5.41, 5.74) is 4.49. The van der Waals surface area contributed by atoms with Crippen LogP contribution in [0.25, 0.3) is 0 Å². The predicted molar refractivity (Wildman–Crippen MR) is 177 cm³/mol. The molecule has 1 amide bonds. The highest BCUT2D eigenvalue weighted by Gasteiger charge is 2.50. The maximum absolute atomic E-state index is 15.6. The van der Waals surface area contributed by atoms with Crippen LogP contribution in [0.4, 0.5) is 10.2 Å². The first-order valence-electron chi connectivity index (χ1n) is 17.1. The Morgan fingerprint density at radius 2 is 2.00 bits per heavy atom. The second kappa shape index (κ2) is 11.4. The van der Waals surface area contributed by atoms with Gasteiger partial charge in [0, 0.05) is 57.8 Å². The van der Waals surface area contributed by atoms with Crippen molar-refractivity contribution < 1.29 is 13.9 Å². The molecule has 2 aromatic heterocycles. The fourth-order valence-corrected chi connectivity index (χ4v) is 9.56. The topological polar surface area (TPSA) is 82.9 Å². The largest absolute Gasteiger partial charge is 0.461 e. The molecule has 3 aromatic rings. The molecule has 12 heteroatoms. The van der Waals surface area contributed by atoms with Gasteiger partial charge in [0.15, 0.2) is 5.69 Å². The number of hydrogen-bond donors (Lipinski definition) is 0. The normalized spacial score (nSPS) is 27.0. The van der Waals surface area contributed by atoms with Gasteiger partial charge in [-0.3, -0.25) is 19.3 Å². The molecule has 2 saturated heterocycles. The molecule has 8 rings (SSSR count). The lowest BCUT2D eigenvalue weighted by molar-refractivity contribution is 0.0821. The van der Waals surface area contributed by atoms with Crippen LogP contribution >= 0.6 is 11.6 Å². The van der Waals surface area contributed by atoms with Gasteiger partial charge in [-0.1, -0.05) is 30.7 Å². The number of nitrogens with zero attached hydrogens (tertiary/aromatic N) is 8. The molecule has 1 spiro atoms. The first-order chi connectivity index (χ1) is 22.6. The van der Waals surface area contributed by atoms with Gasteiger partial charge in [-0.2, -0.15) is 15.1 Å². The van der Waals surface area contributed by atoms with Gasteiger partial charge in [0.05, 0.1) is 34.0 Å². The molecule has 0 N–H and O–H groups in total. The van der Waals surface area contributed by atoms with E-state index in [9.17, 15) is 4.79 Å². The molecular formula is C35H44ClFN8O2. The molecule has 1 unspecified atom stereocenters. The van der Waals surface area contributed by atoms with Crippen LogP contribution in [0.3, 0.4) is 0 Å². The highest BCUT2D eigenvalue weighted by molar-refractivity contribution is 6.34. The number of aryl methyl sites for hydroxylation is 2. The molecule has 250 valence electrons. The van der Waals surface area contributed by atoms with Gasteiger partial charge in [0.1, 0.15) is 18.2 Å². The SMILES string of the molecule is CC1CN2CCC[C@@]2(COc2nc3c(c(N4CCCn5nc(C(=O)N(C)C)c(Cl)c5C4)n2)CN(C)[C@@]2(CCc4cccc(F)c42)C3)C1. The number of hydrogen-bond acceptors (Lipinski definition) is 8. The average molecular weight is 663 g/mol. The minimum Gasteiger partial charge on any atom is -0.461 e. The number of anilines is 1. The summed E-state index contributed by atoms with van der Waals surface area (Å²) in [5, 5.41) is 5.01. The summed E-state index contributed by atoms with van der Waals surface area (Å²) < 4.78 is 24.1. The van der Waals surface area contributed by atoms with Crippen LogP contribution in [-0.4, -0.2) is 93.3 Å². The second-order valence-corrected chi connectivity index (χ2v) is 15.2. The molecule has 10 nitrogen and oxygen atoms in total. The molecular weight excluding hydrogens is 619 g/mol. The third-order valence-electron chi connectivity index (χ3n) is 11.5. The maximum Gasteiger partial charge on any atom is 0.318 e. The van der Waals surface area contributed by atoms with E-state index in [1.54, 1.807) is 20.2 Å². The maximum atomic E-state index is 15.6. The highest BCUT2D eigenvalue weighted by Crippen LogP contribution is 2.49. The molecule has 3 atom stereocenters. The summed E-state index contributed by atoms with van der Waals surface area (Å²) in [5.74, 6) is 1.11. The van der Waals surface area contributed by atoms with Gasteiger partial charge in [-0.05, 0) is 69.7 Å². The number of fused-ring (bicyclic) bond motifs is 5. The number of carbonyl (C=O) groups is 1. The summed E-state index contributed by atoms with van der Waals surface area (Å²) in [4.78, 5) is 31.8. The predicted octanol–water partition coefficient (Wildman–Crippen LogP) is 4.66. The summed E-state index contributed by atoms with van der Waals surface area (Å²) in [6.07, 6.45) is 6.51. The number of benzene rings is 1. The lowest BCUT2D eigenvalue weighted by Gasteiger charge is -2.44. The average Bonchev–Trinajstić information content (AvgIpc) is 3.73. The Hall–Kier alpha value is -3.28. The van der Waals surface area contributed by atoms with Crippen LogP contribution in [0.2, 0.25) is 5.02 Å². The van der Waals surface area contributed by atoms with E-state index in [0.29, 0.717) is 49.6 Å². The number of aromatic nitrogens is 4. The number of ether oxygens (including phenoxy) is 1. The third kappa shape index (κ3) is 4.94. The second-order valence-electron chi connectivity index (χ2n) is 14.8. The van der Waals surface area contributed by atoms with E-state index in [1.165, 1.54) is 11.3 Å². The molecule has 0 bridgehead atoms. The number of halogens is 2. The van der Waals surface area contributed by atoms with E-state index in [1.807, 2.05) is 10.7 Å². The zero-order valence-corrected chi connectivity index (χ0v) is 28.6. The van der Waals surface area contributed by atoms with Crippen molar-refractivity contribution >= 4 is 23.3 Å². The van der Waals surface area contributed by atoms with Crippen molar-refractivity contribution in [1.29, 1.82) is 0 Å². The Labute approximate surface area is 280 Å². The van der Waals surface area contributed by atoms with Crippen molar-refractivity contribution in [2.75, 3.05) is 52.3 Å². The Bertz CT molecular complexity index is 1750. The van der Waals surface area contributed by atoms with Gasteiger partial charge in [0.25, 0.3) is 5.91 Å². The Balaban J connectivity index is 1.19. The molecule has 0 radical (unpaired) electrons. The molecule has 2 fully saturated rings. The summed E-state index contributed by atoms with van der Waals surface area (Å²) >= 11 is 6.87. The van der Waals surface area contributed by atoms with Crippen molar-refractivity contribution in [3.8, 4) is 6.01 Å². The number of amides is 1. The minimum atomic E-state index is -0.472. The Kier molecular flexibility index (Phi) is 7.53. The van der Waals surface area contributed by atoms with Crippen LogP contribution in [0, 0.1) is 11.7 Å². The van der Waals surface area contributed by atoms with Crippen LogP contribution in [0.15, 0.2) is 18.2 Å². The Morgan fingerprint density at radius 1 is 1.15 bits per heavy atom. The lowest BCUT2D eigenvalue weighted by Crippen LogP contribution is -2.48. The lowest BCUT2D eigenvalue weighted by atomic mass is 9.80. The summed E-state index contributed by atoms with van der Waals surface area (Å²) in [6, 6.07) is 5.85. The van der Waals surface area contributed by atoms with Gasteiger partial charge in [0.2, 0.25) is 0 Å². The monoisotopic (exact) mass is 662 g/mol. The molecule has 47 heavy (non-hydrogen) atoms. The molecule has 1 aromatic carbocycles. The van der Waals surface area contributed by atoms with E-state index in [0.717, 1.165) is 85.6 Å². The summed E-state index contributed by atoms with van der Waals surface area (Å²) in [6.45, 7) is 7.55. The smallest absolute Gasteiger partial charge is 0.318 e. The van der Waals surface area contributed by atoms with Gasteiger partial charge < -0.3 is 14.5 Å². The van der Waals surface area contributed by atoms with Crippen molar-refractivity contribution in [3.63, 3.8) is 0 Å². The quantitative estimate of drug-likeness (QED) is 0.390. The number of carbonyl (C=O) groups excluding carboxylic acids is 1. The molecule has 6 heterocycles. The van der Waals surface area contributed by atoms with E-state index >= 15 is 4.39 Å². The zero-order valence-electron chi connectivity index (χ0n) is 27.9. The van der Waals surface area contributed by atoms with Crippen molar-refractivity contribution in [2.24, 2.45) is 5.92 Å². The molecule has 4 aliphatic heterocycles. The van der Waals surface area contributed by atoms with Crippen LogP contribution in [0.5, 0.6) is 6.01 Å². The molecule has 1 aliphatic carbocycles. The van der Waals surface area contributed by atoms with E-state index in [-0.39, 0.29) is 23.0 Å². The van der Waals surface area contributed by atoms with Crippen molar-refractivity contribution in [3.05, 3.63) is 62.8 Å². The van der Waals surface area contributed by atoms with Crippen molar-refractivity contribution in [1.82, 2.24) is 34.4 Å². The van der Waals surface area contributed by atoms with Crippen LogP contribution < -0.4 is 9.64 Å². The van der Waals surface area contributed by atoms with Crippen molar-refractivity contribution in [2.45, 2.75) is 82.6 Å². The third-order valence-corrected chi connectivity index (χ3v) is 11.9. The van der Waals surface area contributed by atoms with Crippen LogP contribution in [0.1, 0.15) is 77.6 Å². The number of rotatable bonds is 5. The Morgan fingerprint density at radius 3 is 2.83 bits per heavy atom. The number of likely N-dealkylation sites (N-methyl/N-ethyl adjacent to an activating group) is 1. The first-order valence-corrected chi connectivity index (χ1v) is 17.4. The van der Waals surface area contributed by atoms with Gasteiger partial charge in [-0.25, -0.2) is 4.39 Å². The molecule has 5 aliphatic rings. The van der Waals surface area contributed by atoms with E-state index in [2.05, 4.69) is 39.8 Å². The van der Waals surface area contributed by atoms with Gasteiger partial charge in [-0.15, -0.1) is 0 Å². The van der Waals surface area contributed by atoms with E-state index in [4.69, 9.17) is 26.3 Å². The highest BCUT2D eigenvalue weighted by atomic mass is 35.5. The molecule has 0 saturated carbocycles. The van der Waals surface area contributed by atoms with Crippen LogP contribution in [-0.2, 0) is 38.0 Å². The summed E-state index contributed by atoms with van der Waals surface area (Å²) in [7, 11) is 5.51. The van der Waals surface area contributed by atoms with E-state index < -0.39 is 5.54 Å². The minimum absolute atomic E-state index is 0.0335. The zero-order chi connectivity index (χ0) is 32.7. The van der Waals surface area contributed by atoms with Gasteiger partial charge >= 0.3 is 6.01 Å². The fraction of sp³-hybridized carbons (Fsp3) is 0.600.